The van der Waals surface area contributed by atoms with Crippen LogP contribution in [0.15, 0.2) is 30.3 Å². The molecule has 0 saturated heterocycles. The molecule has 0 aromatic heterocycles. The fourth-order valence-corrected chi connectivity index (χ4v) is 1.58. The summed E-state index contributed by atoms with van der Waals surface area (Å²) in [7, 11) is 0. The molecule has 1 aromatic carbocycles. The first-order valence-corrected chi connectivity index (χ1v) is 4.84. The Morgan fingerprint density at radius 2 is 2.15 bits per heavy atom. The van der Waals surface area contributed by atoms with E-state index in [-0.39, 0.29) is 6.10 Å². The van der Waals surface area contributed by atoms with Gasteiger partial charge in [0.2, 0.25) is 0 Å². The number of ether oxygens (including phenoxy) is 1. The molecule has 0 fully saturated rings. The van der Waals surface area contributed by atoms with Crippen LogP contribution in [0.4, 0.5) is 0 Å². The van der Waals surface area contributed by atoms with Gasteiger partial charge in [-0.2, -0.15) is 0 Å². The molecule has 1 heterocycles. The Kier molecular flexibility index (Phi) is 2.35. The molecule has 1 aromatic rings. The number of benzene rings is 1. The minimum atomic E-state index is 0.278. The molecule has 68 valence electrons. The second-order valence-corrected chi connectivity index (χ2v) is 3.34. The third-order valence-corrected chi connectivity index (χ3v) is 2.26. The van der Waals surface area contributed by atoms with Gasteiger partial charge in [0.05, 0.1) is 0 Å². The molecular formula is C12H14O. The molecule has 1 nitrogen and oxygen atoms in total. The molecule has 13 heavy (non-hydrogen) atoms. The van der Waals surface area contributed by atoms with Crippen molar-refractivity contribution in [3.63, 3.8) is 0 Å². The molecule has 0 aliphatic carbocycles. The van der Waals surface area contributed by atoms with Gasteiger partial charge in [-0.3, -0.25) is 0 Å². The summed E-state index contributed by atoms with van der Waals surface area (Å²) in [5, 5.41) is 0. The van der Waals surface area contributed by atoms with E-state index in [9.17, 15) is 0 Å². The second-order valence-electron chi connectivity index (χ2n) is 3.34. The first kappa shape index (κ1) is 8.36. The SMILES string of the molecule is CCCC1C=Cc2ccccc2O1. The van der Waals surface area contributed by atoms with Gasteiger partial charge in [0.1, 0.15) is 11.9 Å². The molecular weight excluding hydrogens is 160 g/mol. The topological polar surface area (TPSA) is 9.23 Å². The van der Waals surface area contributed by atoms with Crippen molar-refractivity contribution < 1.29 is 4.74 Å². The van der Waals surface area contributed by atoms with Crippen molar-refractivity contribution in [2.24, 2.45) is 0 Å². The zero-order valence-corrected chi connectivity index (χ0v) is 7.86. The molecule has 2 rings (SSSR count). The summed E-state index contributed by atoms with van der Waals surface area (Å²) in [6.45, 7) is 2.18. The standard InChI is InChI=1S/C12H14O/c1-2-5-11-9-8-10-6-3-4-7-12(10)13-11/h3-4,6-9,11H,2,5H2,1H3. The summed E-state index contributed by atoms with van der Waals surface area (Å²) in [4.78, 5) is 0. The van der Waals surface area contributed by atoms with E-state index in [2.05, 4.69) is 25.1 Å². The van der Waals surface area contributed by atoms with E-state index < -0.39 is 0 Å². The summed E-state index contributed by atoms with van der Waals surface area (Å²) >= 11 is 0. The second kappa shape index (κ2) is 3.65. The van der Waals surface area contributed by atoms with Gasteiger partial charge in [-0.1, -0.05) is 37.6 Å². The van der Waals surface area contributed by atoms with Crippen molar-refractivity contribution in [1.29, 1.82) is 0 Å². The monoisotopic (exact) mass is 174 g/mol. The highest BCUT2D eigenvalue weighted by Crippen LogP contribution is 2.26. The zero-order valence-electron chi connectivity index (χ0n) is 7.86. The lowest BCUT2D eigenvalue weighted by Crippen LogP contribution is -2.16. The van der Waals surface area contributed by atoms with Crippen LogP contribution in [-0.4, -0.2) is 6.10 Å². The molecule has 1 aliphatic rings. The Labute approximate surface area is 79.0 Å². The molecule has 0 saturated carbocycles. The molecule has 0 radical (unpaired) electrons. The Hall–Kier alpha value is -1.24. The van der Waals surface area contributed by atoms with Crippen molar-refractivity contribution >= 4 is 6.08 Å². The largest absolute Gasteiger partial charge is 0.486 e. The minimum absolute atomic E-state index is 0.278. The van der Waals surface area contributed by atoms with E-state index in [0.717, 1.165) is 18.6 Å². The van der Waals surface area contributed by atoms with Gasteiger partial charge < -0.3 is 4.74 Å². The van der Waals surface area contributed by atoms with Crippen LogP contribution in [-0.2, 0) is 0 Å². The highest BCUT2D eigenvalue weighted by atomic mass is 16.5. The predicted molar refractivity (Wildman–Crippen MR) is 54.8 cm³/mol. The molecule has 1 unspecified atom stereocenters. The van der Waals surface area contributed by atoms with Crippen LogP contribution >= 0.6 is 0 Å². The lowest BCUT2D eigenvalue weighted by atomic mass is 10.1. The predicted octanol–water partition coefficient (Wildman–Crippen LogP) is 3.26. The molecule has 0 bridgehead atoms. The number of rotatable bonds is 2. The fraction of sp³-hybridized carbons (Fsp3) is 0.333. The summed E-state index contributed by atoms with van der Waals surface area (Å²) in [5.74, 6) is 1.02. The van der Waals surface area contributed by atoms with Gasteiger partial charge in [-0.15, -0.1) is 0 Å². The van der Waals surface area contributed by atoms with Crippen LogP contribution in [0.2, 0.25) is 0 Å². The van der Waals surface area contributed by atoms with E-state index in [1.165, 1.54) is 5.56 Å². The van der Waals surface area contributed by atoms with E-state index in [1.54, 1.807) is 0 Å². The van der Waals surface area contributed by atoms with Gasteiger partial charge in [-0.05, 0) is 18.6 Å². The van der Waals surface area contributed by atoms with Crippen molar-refractivity contribution in [2.75, 3.05) is 0 Å². The number of hydrogen-bond acceptors (Lipinski definition) is 1. The van der Waals surface area contributed by atoms with Crippen molar-refractivity contribution in [2.45, 2.75) is 25.9 Å². The smallest absolute Gasteiger partial charge is 0.127 e. The quantitative estimate of drug-likeness (QED) is 0.668. The fourth-order valence-electron chi connectivity index (χ4n) is 1.58. The Bertz CT molecular complexity index is 315. The van der Waals surface area contributed by atoms with Crippen LogP contribution < -0.4 is 4.74 Å². The van der Waals surface area contributed by atoms with Gasteiger partial charge in [0, 0.05) is 5.56 Å². The average molecular weight is 174 g/mol. The summed E-state index contributed by atoms with van der Waals surface area (Å²) in [5.41, 5.74) is 1.19. The number of fused-ring (bicyclic) bond motifs is 1. The van der Waals surface area contributed by atoms with Crippen molar-refractivity contribution in [1.82, 2.24) is 0 Å². The van der Waals surface area contributed by atoms with Crippen LogP contribution in [0.3, 0.4) is 0 Å². The molecule has 0 N–H and O–H groups in total. The van der Waals surface area contributed by atoms with E-state index in [4.69, 9.17) is 4.74 Å². The summed E-state index contributed by atoms with van der Waals surface area (Å²) in [6, 6.07) is 8.16. The zero-order chi connectivity index (χ0) is 9.10. The Balaban J connectivity index is 2.19. The van der Waals surface area contributed by atoms with Crippen LogP contribution in [0.25, 0.3) is 6.08 Å². The number of para-hydroxylation sites is 1. The van der Waals surface area contributed by atoms with Gasteiger partial charge in [-0.25, -0.2) is 0 Å². The summed E-state index contributed by atoms with van der Waals surface area (Å²) in [6.07, 6.45) is 6.84. The maximum absolute atomic E-state index is 5.79. The Morgan fingerprint density at radius 3 is 3.00 bits per heavy atom. The third-order valence-electron chi connectivity index (χ3n) is 2.26. The van der Waals surface area contributed by atoms with Gasteiger partial charge in [0.15, 0.2) is 0 Å². The lowest BCUT2D eigenvalue weighted by Gasteiger charge is -2.20. The number of hydrogen-bond donors (Lipinski definition) is 0. The van der Waals surface area contributed by atoms with E-state index in [0.29, 0.717) is 0 Å². The molecule has 0 spiro atoms. The van der Waals surface area contributed by atoms with Crippen LogP contribution in [0, 0.1) is 0 Å². The molecule has 0 amide bonds. The third kappa shape index (κ3) is 1.74. The first-order chi connectivity index (χ1) is 6.40. The van der Waals surface area contributed by atoms with E-state index in [1.807, 2.05) is 18.2 Å². The Morgan fingerprint density at radius 1 is 1.31 bits per heavy atom. The minimum Gasteiger partial charge on any atom is -0.486 e. The highest BCUT2D eigenvalue weighted by Gasteiger charge is 2.12. The van der Waals surface area contributed by atoms with Crippen LogP contribution in [0.1, 0.15) is 25.3 Å². The van der Waals surface area contributed by atoms with E-state index >= 15 is 0 Å². The van der Waals surface area contributed by atoms with Crippen molar-refractivity contribution in [3.05, 3.63) is 35.9 Å². The van der Waals surface area contributed by atoms with Crippen LogP contribution in [0.5, 0.6) is 5.75 Å². The van der Waals surface area contributed by atoms with Gasteiger partial charge in [0.25, 0.3) is 0 Å². The maximum Gasteiger partial charge on any atom is 0.127 e. The highest BCUT2D eigenvalue weighted by molar-refractivity contribution is 5.59. The van der Waals surface area contributed by atoms with Crippen molar-refractivity contribution in [3.8, 4) is 5.75 Å². The average Bonchev–Trinajstić information content (AvgIpc) is 2.18. The molecule has 1 atom stereocenters. The maximum atomic E-state index is 5.79. The summed E-state index contributed by atoms with van der Waals surface area (Å²) < 4.78 is 5.79. The normalized spacial score (nSPS) is 19.3. The molecule has 1 heteroatoms. The molecule has 1 aliphatic heterocycles. The first-order valence-electron chi connectivity index (χ1n) is 4.84. The van der Waals surface area contributed by atoms with Gasteiger partial charge >= 0.3 is 0 Å². The lowest BCUT2D eigenvalue weighted by molar-refractivity contribution is 0.234.